The van der Waals surface area contributed by atoms with Crippen LogP contribution in [-0.4, -0.2) is 45.8 Å². The van der Waals surface area contributed by atoms with Crippen molar-refractivity contribution in [2.75, 3.05) is 25.5 Å². The summed E-state index contributed by atoms with van der Waals surface area (Å²) in [6, 6.07) is 3.96. The van der Waals surface area contributed by atoms with Crippen LogP contribution < -0.4 is 10.0 Å². The predicted molar refractivity (Wildman–Crippen MR) is 83.8 cm³/mol. The first-order chi connectivity index (χ1) is 10.3. The van der Waals surface area contributed by atoms with Crippen LogP contribution in [0.1, 0.15) is 30.6 Å². The van der Waals surface area contributed by atoms with Gasteiger partial charge in [0, 0.05) is 13.2 Å². The van der Waals surface area contributed by atoms with Gasteiger partial charge in [0.25, 0.3) is 0 Å². The summed E-state index contributed by atoms with van der Waals surface area (Å²) in [5.41, 5.74) is 0.284. The smallest absolute Gasteiger partial charge is 0.335 e. The lowest BCUT2D eigenvalue weighted by Crippen LogP contribution is -2.21. The Labute approximate surface area is 130 Å². The Bertz CT molecular complexity index is 614. The minimum Gasteiger partial charge on any atom is -0.478 e. The summed E-state index contributed by atoms with van der Waals surface area (Å²) in [5.74, 6) is -1.18. The van der Waals surface area contributed by atoms with Crippen molar-refractivity contribution in [3.05, 3.63) is 23.8 Å². The van der Waals surface area contributed by atoms with Crippen LogP contribution in [0, 0.1) is 0 Å². The molecule has 0 heterocycles. The molecule has 0 spiro atoms. The second-order valence-electron chi connectivity index (χ2n) is 4.92. The third-order valence-corrected chi connectivity index (χ3v) is 4.33. The largest absolute Gasteiger partial charge is 0.478 e. The number of nitrogens with one attached hydrogen (secondary N) is 2. The average Bonchev–Trinajstić information content (AvgIpc) is 2.46. The number of carboxylic acid groups (broad SMARTS) is 1. The lowest BCUT2D eigenvalue weighted by Gasteiger charge is -2.13. The van der Waals surface area contributed by atoms with Crippen LogP contribution >= 0.6 is 0 Å². The van der Waals surface area contributed by atoms with Crippen LogP contribution in [0.4, 0.5) is 5.69 Å². The second-order valence-corrected chi connectivity index (χ2v) is 6.78. The van der Waals surface area contributed by atoms with Crippen LogP contribution in [0.25, 0.3) is 0 Å². The highest BCUT2D eigenvalue weighted by Crippen LogP contribution is 2.22. The molecule has 0 aliphatic carbocycles. The zero-order chi connectivity index (χ0) is 16.8. The fourth-order valence-corrected chi connectivity index (χ4v) is 2.68. The zero-order valence-corrected chi connectivity index (χ0v) is 13.7. The summed E-state index contributed by atoms with van der Waals surface area (Å²) in [7, 11) is -2.47. The number of carboxylic acids is 1. The third kappa shape index (κ3) is 5.28. The highest BCUT2D eigenvalue weighted by atomic mass is 32.2. The number of aromatic carboxylic acids is 1. The molecule has 0 atom stereocenters. The van der Waals surface area contributed by atoms with Crippen molar-refractivity contribution < 1.29 is 23.1 Å². The summed E-state index contributed by atoms with van der Waals surface area (Å²) in [6.45, 7) is 4.96. The Balaban J connectivity index is 2.87. The fraction of sp³-hybridized carbons (Fsp3) is 0.500. The van der Waals surface area contributed by atoms with Gasteiger partial charge in [-0.2, -0.15) is 0 Å². The van der Waals surface area contributed by atoms with E-state index in [2.05, 4.69) is 10.0 Å². The lowest BCUT2D eigenvalue weighted by molar-refractivity contribution is 0.0696. The summed E-state index contributed by atoms with van der Waals surface area (Å²) >= 11 is 0. The molecule has 0 amide bonds. The number of hydrogen-bond acceptors (Lipinski definition) is 5. The van der Waals surface area contributed by atoms with Crippen molar-refractivity contribution in [2.45, 2.75) is 31.3 Å². The van der Waals surface area contributed by atoms with E-state index >= 15 is 0 Å². The Morgan fingerprint density at radius 1 is 1.36 bits per heavy atom. The van der Waals surface area contributed by atoms with Crippen LogP contribution in [0.2, 0.25) is 0 Å². The van der Waals surface area contributed by atoms with Gasteiger partial charge in [0.15, 0.2) is 0 Å². The normalized spacial score (nSPS) is 11.6. The first-order valence-electron chi connectivity index (χ1n) is 6.94. The number of carbonyl (C=O) groups is 1. The van der Waals surface area contributed by atoms with Crippen molar-refractivity contribution in [3.8, 4) is 0 Å². The number of rotatable bonds is 9. The van der Waals surface area contributed by atoms with E-state index in [1.807, 2.05) is 13.8 Å². The third-order valence-electron chi connectivity index (χ3n) is 2.87. The average molecular weight is 330 g/mol. The second kappa shape index (κ2) is 8.11. The van der Waals surface area contributed by atoms with Gasteiger partial charge < -0.3 is 15.2 Å². The first kappa shape index (κ1) is 18.4. The minimum absolute atomic E-state index is 0.0810. The maximum absolute atomic E-state index is 12.0. The maximum Gasteiger partial charge on any atom is 0.335 e. The van der Waals surface area contributed by atoms with Gasteiger partial charge in [-0.15, -0.1) is 0 Å². The molecular weight excluding hydrogens is 308 g/mol. The van der Waals surface area contributed by atoms with E-state index < -0.39 is 16.0 Å². The Morgan fingerprint density at radius 2 is 2.05 bits per heavy atom. The fourth-order valence-electron chi connectivity index (χ4n) is 1.75. The molecule has 0 aliphatic heterocycles. The molecule has 0 fully saturated rings. The lowest BCUT2D eigenvalue weighted by atomic mass is 10.2. The number of anilines is 1. The minimum atomic E-state index is -3.75. The summed E-state index contributed by atoms with van der Waals surface area (Å²) in [6.07, 6.45) is 0.854. The molecule has 0 radical (unpaired) electrons. The molecule has 1 aromatic rings. The van der Waals surface area contributed by atoms with Gasteiger partial charge in [-0.3, -0.25) is 0 Å². The number of sulfonamides is 1. The van der Waals surface area contributed by atoms with Crippen LogP contribution in [0.5, 0.6) is 0 Å². The predicted octanol–water partition coefficient (Wildman–Crippen LogP) is 1.52. The zero-order valence-electron chi connectivity index (χ0n) is 12.9. The molecule has 1 aromatic carbocycles. The van der Waals surface area contributed by atoms with Crippen LogP contribution in [-0.2, 0) is 14.8 Å². The number of ether oxygens (including phenoxy) is 1. The van der Waals surface area contributed by atoms with Gasteiger partial charge in [0.05, 0.1) is 17.4 Å². The first-order valence-corrected chi connectivity index (χ1v) is 8.42. The quantitative estimate of drug-likeness (QED) is 0.593. The number of benzene rings is 1. The molecular formula is C14H22N2O5S. The van der Waals surface area contributed by atoms with Gasteiger partial charge in [-0.1, -0.05) is 0 Å². The van der Waals surface area contributed by atoms with Crippen molar-refractivity contribution >= 4 is 21.7 Å². The standard InChI is InChI=1S/C14H22N2O5S/c1-10(2)21-8-4-7-16-12-6-5-11(14(17)18)9-13(12)22(19,20)15-3/h5-6,9-10,15-16H,4,7-8H2,1-3H3,(H,17,18). The molecule has 1 rings (SSSR count). The molecule has 3 N–H and O–H groups in total. The molecule has 0 aromatic heterocycles. The van der Waals surface area contributed by atoms with E-state index in [1.54, 1.807) is 0 Å². The van der Waals surface area contributed by atoms with E-state index in [4.69, 9.17) is 9.84 Å². The molecule has 22 heavy (non-hydrogen) atoms. The van der Waals surface area contributed by atoms with E-state index in [0.29, 0.717) is 25.3 Å². The van der Waals surface area contributed by atoms with Crippen molar-refractivity contribution in [2.24, 2.45) is 0 Å². The summed E-state index contributed by atoms with van der Waals surface area (Å²) in [5, 5.41) is 12.0. The van der Waals surface area contributed by atoms with Gasteiger partial charge >= 0.3 is 5.97 Å². The molecule has 7 nitrogen and oxygen atoms in total. The molecule has 0 saturated carbocycles. The molecule has 0 bridgehead atoms. The van der Waals surface area contributed by atoms with E-state index in [1.165, 1.54) is 19.2 Å². The van der Waals surface area contributed by atoms with E-state index in [9.17, 15) is 13.2 Å². The molecule has 0 aliphatic rings. The van der Waals surface area contributed by atoms with E-state index in [-0.39, 0.29) is 16.6 Å². The SMILES string of the molecule is CNS(=O)(=O)c1cc(C(=O)O)ccc1NCCCOC(C)C. The molecule has 0 unspecified atom stereocenters. The van der Waals surface area contributed by atoms with Crippen LogP contribution in [0.15, 0.2) is 23.1 Å². The molecule has 0 saturated heterocycles. The monoisotopic (exact) mass is 330 g/mol. The highest BCUT2D eigenvalue weighted by Gasteiger charge is 2.19. The summed E-state index contributed by atoms with van der Waals surface area (Å²) in [4.78, 5) is 10.9. The Kier molecular flexibility index (Phi) is 6.79. The van der Waals surface area contributed by atoms with Crippen LogP contribution in [0.3, 0.4) is 0 Å². The Morgan fingerprint density at radius 3 is 2.59 bits per heavy atom. The van der Waals surface area contributed by atoms with Crippen molar-refractivity contribution in [1.29, 1.82) is 0 Å². The maximum atomic E-state index is 12.0. The highest BCUT2D eigenvalue weighted by molar-refractivity contribution is 7.89. The van der Waals surface area contributed by atoms with Gasteiger partial charge in [-0.05, 0) is 45.5 Å². The topological polar surface area (TPSA) is 105 Å². The van der Waals surface area contributed by atoms with Gasteiger partial charge in [0.2, 0.25) is 10.0 Å². The summed E-state index contributed by atoms with van der Waals surface area (Å²) < 4.78 is 31.6. The van der Waals surface area contributed by atoms with E-state index in [0.717, 1.165) is 6.07 Å². The molecule has 8 heteroatoms. The van der Waals surface area contributed by atoms with Crippen molar-refractivity contribution in [1.82, 2.24) is 4.72 Å². The van der Waals surface area contributed by atoms with Crippen molar-refractivity contribution in [3.63, 3.8) is 0 Å². The number of hydrogen-bond donors (Lipinski definition) is 3. The van der Waals surface area contributed by atoms with Gasteiger partial charge in [-0.25, -0.2) is 17.9 Å². The Hall–Kier alpha value is -1.64. The molecule has 124 valence electrons. The van der Waals surface area contributed by atoms with Gasteiger partial charge in [0.1, 0.15) is 4.90 Å².